The Labute approximate surface area is 128 Å². The average molecular weight is 330 g/mol. The van der Waals surface area contributed by atoms with E-state index in [1.54, 1.807) is 0 Å². The Bertz CT molecular complexity index is 631. The zero-order valence-electron chi connectivity index (χ0n) is 11.3. The first-order valence-corrected chi connectivity index (χ1v) is 7.13. The number of anilines is 1. The van der Waals surface area contributed by atoms with Gasteiger partial charge in [-0.25, -0.2) is 0 Å². The van der Waals surface area contributed by atoms with Crippen LogP contribution in [0.3, 0.4) is 0 Å². The number of rotatable bonds is 5. The molecule has 0 radical (unpaired) electrons. The quantitative estimate of drug-likeness (QED) is 0.822. The van der Waals surface area contributed by atoms with Crippen molar-refractivity contribution in [1.29, 1.82) is 0 Å². The number of ether oxygens (including phenoxy) is 1. The highest BCUT2D eigenvalue weighted by Gasteiger charge is 2.02. The summed E-state index contributed by atoms with van der Waals surface area (Å²) in [7, 11) is 0. The van der Waals surface area contributed by atoms with E-state index in [2.05, 4.69) is 52.3 Å². The smallest absolute Gasteiger partial charge is 0.148 e. The summed E-state index contributed by atoms with van der Waals surface area (Å²) >= 11 is 3.49. The third kappa shape index (κ3) is 4.04. The van der Waals surface area contributed by atoms with E-state index in [9.17, 15) is 0 Å². The fourth-order valence-corrected chi connectivity index (χ4v) is 2.39. The van der Waals surface area contributed by atoms with E-state index >= 15 is 0 Å². The van der Waals surface area contributed by atoms with Gasteiger partial charge in [0.1, 0.15) is 12.4 Å². The highest BCUT2D eigenvalue weighted by molar-refractivity contribution is 9.10. The predicted octanol–water partition coefficient (Wildman–Crippen LogP) is 4.38. The lowest BCUT2D eigenvalue weighted by Gasteiger charge is -2.10. The predicted molar refractivity (Wildman–Crippen MR) is 87.0 cm³/mol. The topological polar surface area (TPSA) is 21.3 Å². The Morgan fingerprint density at radius 2 is 2.10 bits per heavy atom. The van der Waals surface area contributed by atoms with E-state index in [4.69, 9.17) is 11.2 Å². The molecule has 20 heavy (non-hydrogen) atoms. The Morgan fingerprint density at radius 1 is 1.25 bits per heavy atom. The van der Waals surface area contributed by atoms with Crippen molar-refractivity contribution in [3.8, 4) is 18.1 Å². The summed E-state index contributed by atoms with van der Waals surface area (Å²) in [6.45, 7) is 3.12. The van der Waals surface area contributed by atoms with Gasteiger partial charge in [0.25, 0.3) is 0 Å². The Kier molecular flexibility index (Phi) is 5.09. The number of nitrogens with one attached hydrogen (secondary N) is 1. The SMILES string of the molecule is C#CCOc1ccc(CNc2cccc(C)c2)cc1Br. The van der Waals surface area contributed by atoms with Gasteiger partial charge in [-0.2, -0.15) is 0 Å². The molecule has 0 bridgehead atoms. The summed E-state index contributed by atoms with van der Waals surface area (Å²) in [6.07, 6.45) is 5.18. The lowest BCUT2D eigenvalue weighted by molar-refractivity contribution is 0.368. The molecule has 0 saturated heterocycles. The van der Waals surface area contributed by atoms with Gasteiger partial charge < -0.3 is 10.1 Å². The van der Waals surface area contributed by atoms with Crippen LogP contribution < -0.4 is 10.1 Å². The maximum absolute atomic E-state index is 5.42. The zero-order chi connectivity index (χ0) is 14.4. The maximum atomic E-state index is 5.42. The van der Waals surface area contributed by atoms with Crippen molar-refractivity contribution in [2.24, 2.45) is 0 Å². The van der Waals surface area contributed by atoms with E-state index in [0.717, 1.165) is 22.5 Å². The number of benzene rings is 2. The lowest BCUT2D eigenvalue weighted by atomic mass is 10.2. The average Bonchev–Trinajstić information content (AvgIpc) is 2.44. The summed E-state index contributed by atoms with van der Waals surface area (Å²) in [6, 6.07) is 14.3. The first-order chi connectivity index (χ1) is 9.69. The van der Waals surface area contributed by atoms with Crippen molar-refractivity contribution in [3.63, 3.8) is 0 Å². The molecular formula is C17H16BrNO. The van der Waals surface area contributed by atoms with E-state index in [-0.39, 0.29) is 6.61 Å². The molecule has 2 rings (SSSR count). The van der Waals surface area contributed by atoms with Crippen LogP contribution >= 0.6 is 15.9 Å². The van der Waals surface area contributed by atoms with Crippen LogP contribution in [0.4, 0.5) is 5.69 Å². The monoisotopic (exact) mass is 329 g/mol. The fraction of sp³-hybridized carbons (Fsp3) is 0.176. The van der Waals surface area contributed by atoms with Crippen molar-refractivity contribution >= 4 is 21.6 Å². The number of hydrogen-bond donors (Lipinski definition) is 1. The highest BCUT2D eigenvalue weighted by atomic mass is 79.9. The molecule has 0 saturated carbocycles. The Hall–Kier alpha value is -1.92. The standard InChI is InChI=1S/C17H16BrNO/c1-3-9-20-17-8-7-14(11-16(17)18)12-19-15-6-4-5-13(2)10-15/h1,4-8,10-11,19H,9,12H2,2H3. The molecular weight excluding hydrogens is 314 g/mol. The zero-order valence-corrected chi connectivity index (χ0v) is 12.9. The summed E-state index contributed by atoms with van der Waals surface area (Å²) < 4.78 is 6.33. The van der Waals surface area contributed by atoms with Crippen molar-refractivity contribution in [1.82, 2.24) is 0 Å². The van der Waals surface area contributed by atoms with Crippen molar-refractivity contribution in [2.45, 2.75) is 13.5 Å². The van der Waals surface area contributed by atoms with E-state index in [0.29, 0.717) is 0 Å². The van der Waals surface area contributed by atoms with Gasteiger partial charge in [-0.1, -0.05) is 24.1 Å². The normalized spacial score (nSPS) is 9.85. The summed E-state index contributed by atoms with van der Waals surface area (Å²) in [5.41, 5.74) is 3.54. The van der Waals surface area contributed by atoms with Gasteiger partial charge in [0.15, 0.2) is 0 Å². The molecule has 0 aliphatic rings. The first kappa shape index (κ1) is 14.5. The van der Waals surface area contributed by atoms with Crippen molar-refractivity contribution < 1.29 is 4.74 Å². The second-order valence-electron chi connectivity index (χ2n) is 4.48. The summed E-state index contributed by atoms with van der Waals surface area (Å²) in [4.78, 5) is 0. The molecule has 102 valence electrons. The highest BCUT2D eigenvalue weighted by Crippen LogP contribution is 2.26. The minimum Gasteiger partial charge on any atom is -0.480 e. The molecule has 0 unspecified atom stereocenters. The van der Waals surface area contributed by atoms with Crippen LogP contribution in [0.2, 0.25) is 0 Å². The van der Waals surface area contributed by atoms with Gasteiger partial charge in [-0.05, 0) is 58.2 Å². The molecule has 3 heteroatoms. The van der Waals surface area contributed by atoms with Gasteiger partial charge >= 0.3 is 0 Å². The van der Waals surface area contributed by atoms with Crippen LogP contribution in [0.1, 0.15) is 11.1 Å². The largest absolute Gasteiger partial charge is 0.480 e. The molecule has 2 aromatic carbocycles. The third-order valence-electron chi connectivity index (χ3n) is 2.82. The van der Waals surface area contributed by atoms with Gasteiger partial charge in [0, 0.05) is 12.2 Å². The Morgan fingerprint density at radius 3 is 2.80 bits per heavy atom. The minimum atomic E-state index is 0.277. The molecule has 0 heterocycles. The lowest BCUT2D eigenvalue weighted by Crippen LogP contribution is -2.00. The maximum Gasteiger partial charge on any atom is 0.148 e. The van der Waals surface area contributed by atoms with Gasteiger partial charge in [0.2, 0.25) is 0 Å². The van der Waals surface area contributed by atoms with Crippen LogP contribution in [-0.4, -0.2) is 6.61 Å². The minimum absolute atomic E-state index is 0.277. The first-order valence-electron chi connectivity index (χ1n) is 6.34. The number of halogens is 1. The Balaban J connectivity index is 2.00. The van der Waals surface area contributed by atoms with Crippen LogP contribution in [0.25, 0.3) is 0 Å². The second kappa shape index (κ2) is 7.02. The van der Waals surface area contributed by atoms with E-state index in [1.807, 2.05) is 24.3 Å². The van der Waals surface area contributed by atoms with Crippen molar-refractivity contribution in [3.05, 3.63) is 58.1 Å². The van der Waals surface area contributed by atoms with E-state index in [1.165, 1.54) is 11.1 Å². The summed E-state index contributed by atoms with van der Waals surface area (Å²) in [5, 5.41) is 3.40. The third-order valence-corrected chi connectivity index (χ3v) is 3.44. The van der Waals surface area contributed by atoms with Gasteiger partial charge in [-0.3, -0.25) is 0 Å². The van der Waals surface area contributed by atoms with Crippen LogP contribution in [-0.2, 0) is 6.54 Å². The summed E-state index contributed by atoms with van der Waals surface area (Å²) in [5.74, 6) is 3.22. The molecule has 2 aromatic rings. The van der Waals surface area contributed by atoms with Gasteiger partial charge in [0.05, 0.1) is 4.47 Å². The van der Waals surface area contributed by atoms with Crippen molar-refractivity contribution in [2.75, 3.05) is 11.9 Å². The fourth-order valence-electron chi connectivity index (χ4n) is 1.85. The molecule has 0 aliphatic carbocycles. The molecule has 0 atom stereocenters. The molecule has 0 amide bonds. The molecule has 0 fully saturated rings. The van der Waals surface area contributed by atoms with Gasteiger partial charge in [-0.15, -0.1) is 6.42 Å². The number of aryl methyl sites for hydroxylation is 1. The molecule has 0 aromatic heterocycles. The van der Waals surface area contributed by atoms with Crippen LogP contribution in [0, 0.1) is 19.3 Å². The molecule has 0 spiro atoms. The number of hydrogen-bond acceptors (Lipinski definition) is 2. The molecule has 0 aliphatic heterocycles. The molecule has 2 nitrogen and oxygen atoms in total. The van der Waals surface area contributed by atoms with Crippen LogP contribution in [0.15, 0.2) is 46.9 Å². The second-order valence-corrected chi connectivity index (χ2v) is 5.33. The van der Waals surface area contributed by atoms with E-state index < -0.39 is 0 Å². The molecule has 1 N–H and O–H groups in total. The van der Waals surface area contributed by atoms with Crippen LogP contribution in [0.5, 0.6) is 5.75 Å². The number of terminal acetylenes is 1.